The van der Waals surface area contributed by atoms with Crippen LogP contribution in [0.3, 0.4) is 0 Å². The van der Waals surface area contributed by atoms with Crippen molar-refractivity contribution in [2.24, 2.45) is 5.92 Å². The van der Waals surface area contributed by atoms with Crippen LogP contribution < -0.4 is 10.2 Å². The van der Waals surface area contributed by atoms with Gasteiger partial charge in [-0.3, -0.25) is 0 Å². The third-order valence-corrected chi connectivity index (χ3v) is 3.24. The SMILES string of the molecule is CC(C)CNCc1cc(F)cnc1N(C)c1ccccc1. The molecule has 4 heteroatoms. The fourth-order valence-corrected chi connectivity index (χ4v) is 2.18. The summed E-state index contributed by atoms with van der Waals surface area (Å²) in [6, 6.07) is 11.5. The molecule has 0 atom stereocenters. The van der Waals surface area contributed by atoms with Gasteiger partial charge in [-0.15, -0.1) is 0 Å². The van der Waals surface area contributed by atoms with Crippen LogP contribution in [0.4, 0.5) is 15.9 Å². The molecule has 0 saturated carbocycles. The lowest BCUT2D eigenvalue weighted by molar-refractivity contribution is 0.549. The molecule has 21 heavy (non-hydrogen) atoms. The van der Waals surface area contributed by atoms with Crippen molar-refractivity contribution in [3.63, 3.8) is 0 Å². The summed E-state index contributed by atoms with van der Waals surface area (Å²) in [4.78, 5) is 6.24. The minimum atomic E-state index is -0.304. The molecule has 0 aliphatic carbocycles. The van der Waals surface area contributed by atoms with E-state index >= 15 is 0 Å². The molecule has 0 unspecified atom stereocenters. The van der Waals surface area contributed by atoms with Crippen LogP contribution >= 0.6 is 0 Å². The van der Waals surface area contributed by atoms with Crippen molar-refractivity contribution in [3.05, 3.63) is 54.0 Å². The molecule has 1 aromatic heterocycles. The highest BCUT2D eigenvalue weighted by Gasteiger charge is 2.12. The van der Waals surface area contributed by atoms with Crippen LogP contribution in [0.15, 0.2) is 42.6 Å². The van der Waals surface area contributed by atoms with E-state index in [9.17, 15) is 4.39 Å². The molecule has 0 saturated heterocycles. The third-order valence-electron chi connectivity index (χ3n) is 3.24. The summed E-state index contributed by atoms with van der Waals surface area (Å²) in [5, 5.41) is 3.34. The predicted octanol–water partition coefficient (Wildman–Crippen LogP) is 3.73. The fraction of sp³-hybridized carbons (Fsp3) is 0.353. The Hall–Kier alpha value is -1.94. The smallest absolute Gasteiger partial charge is 0.141 e. The van der Waals surface area contributed by atoms with E-state index in [2.05, 4.69) is 24.1 Å². The van der Waals surface area contributed by atoms with Crippen molar-refractivity contribution in [1.82, 2.24) is 10.3 Å². The third kappa shape index (κ3) is 4.26. The Bertz CT molecular complexity index is 570. The topological polar surface area (TPSA) is 28.2 Å². The van der Waals surface area contributed by atoms with Crippen molar-refractivity contribution < 1.29 is 4.39 Å². The second-order valence-corrected chi connectivity index (χ2v) is 5.56. The van der Waals surface area contributed by atoms with E-state index in [0.717, 1.165) is 23.6 Å². The molecule has 2 aromatic rings. The lowest BCUT2D eigenvalue weighted by Crippen LogP contribution is -2.22. The van der Waals surface area contributed by atoms with Crippen molar-refractivity contribution in [2.45, 2.75) is 20.4 Å². The molecule has 0 bridgehead atoms. The first-order chi connectivity index (χ1) is 10.1. The predicted molar refractivity (Wildman–Crippen MR) is 85.2 cm³/mol. The number of pyridine rings is 1. The van der Waals surface area contributed by atoms with Crippen molar-refractivity contribution >= 4 is 11.5 Å². The van der Waals surface area contributed by atoms with Crippen LogP contribution in [-0.2, 0) is 6.54 Å². The van der Waals surface area contributed by atoms with Gasteiger partial charge in [0.15, 0.2) is 0 Å². The number of nitrogens with zero attached hydrogens (tertiary/aromatic N) is 2. The lowest BCUT2D eigenvalue weighted by Gasteiger charge is -2.21. The first-order valence-electron chi connectivity index (χ1n) is 7.22. The molecule has 0 spiro atoms. The Morgan fingerprint density at radius 3 is 2.62 bits per heavy atom. The Labute approximate surface area is 125 Å². The zero-order valence-electron chi connectivity index (χ0n) is 12.8. The van der Waals surface area contributed by atoms with Gasteiger partial charge in [-0.1, -0.05) is 32.0 Å². The zero-order valence-corrected chi connectivity index (χ0v) is 12.8. The second kappa shape index (κ2) is 7.18. The summed E-state index contributed by atoms with van der Waals surface area (Å²) in [6.45, 7) is 5.79. The minimum Gasteiger partial charge on any atom is -0.329 e. The second-order valence-electron chi connectivity index (χ2n) is 5.56. The van der Waals surface area contributed by atoms with Gasteiger partial charge in [-0.25, -0.2) is 9.37 Å². The first-order valence-corrected chi connectivity index (χ1v) is 7.22. The highest BCUT2D eigenvalue weighted by Crippen LogP contribution is 2.25. The van der Waals surface area contributed by atoms with Gasteiger partial charge in [-0.2, -0.15) is 0 Å². The Morgan fingerprint density at radius 1 is 1.24 bits per heavy atom. The van der Waals surface area contributed by atoms with Gasteiger partial charge in [-0.05, 0) is 30.7 Å². The summed E-state index contributed by atoms with van der Waals surface area (Å²) in [7, 11) is 1.95. The van der Waals surface area contributed by atoms with Crippen molar-refractivity contribution in [1.29, 1.82) is 0 Å². The average Bonchev–Trinajstić information content (AvgIpc) is 2.47. The maximum atomic E-state index is 13.5. The van der Waals surface area contributed by atoms with E-state index in [1.165, 1.54) is 6.20 Å². The van der Waals surface area contributed by atoms with Gasteiger partial charge >= 0.3 is 0 Å². The van der Waals surface area contributed by atoms with Crippen LogP contribution in [0.5, 0.6) is 0 Å². The van der Waals surface area contributed by atoms with Gasteiger partial charge in [0.25, 0.3) is 0 Å². The van der Waals surface area contributed by atoms with E-state index in [-0.39, 0.29) is 5.82 Å². The van der Waals surface area contributed by atoms with Gasteiger partial charge in [0.05, 0.1) is 6.20 Å². The highest BCUT2D eigenvalue weighted by atomic mass is 19.1. The summed E-state index contributed by atoms with van der Waals surface area (Å²) in [6.07, 6.45) is 1.26. The number of benzene rings is 1. The monoisotopic (exact) mass is 287 g/mol. The standard InChI is InChI=1S/C17H22FN3/c1-13(2)10-19-11-14-9-15(18)12-20-17(14)21(3)16-7-5-4-6-8-16/h4-9,12-13,19H,10-11H2,1-3H3. The average molecular weight is 287 g/mol. The number of hydrogen-bond donors (Lipinski definition) is 1. The van der Waals surface area contributed by atoms with Crippen LogP contribution in [-0.4, -0.2) is 18.6 Å². The van der Waals surface area contributed by atoms with Crippen LogP contribution in [0, 0.1) is 11.7 Å². The number of para-hydroxylation sites is 1. The molecule has 112 valence electrons. The molecule has 1 heterocycles. The van der Waals surface area contributed by atoms with Gasteiger partial charge < -0.3 is 10.2 Å². The molecule has 2 rings (SSSR count). The van der Waals surface area contributed by atoms with Crippen LogP contribution in [0.2, 0.25) is 0 Å². The molecule has 0 fully saturated rings. The van der Waals surface area contributed by atoms with Gasteiger partial charge in [0, 0.05) is 24.8 Å². The molecule has 0 aliphatic rings. The molecule has 0 aliphatic heterocycles. The normalized spacial score (nSPS) is 10.9. The summed E-state index contributed by atoms with van der Waals surface area (Å²) in [5.41, 5.74) is 1.89. The highest BCUT2D eigenvalue weighted by molar-refractivity contribution is 5.61. The number of anilines is 2. The number of hydrogen-bond acceptors (Lipinski definition) is 3. The molecular formula is C17H22FN3. The number of rotatable bonds is 6. The molecule has 0 amide bonds. The molecule has 1 aromatic carbocycles. The van der Waals surface area contributed by atoms with E-state index in [4.69, 9.17) is 0 Å². The van der Waals surface area contributed by atoms with E-state index in [1.807, 2.05) is 42.3 Å². The van der Waals surface area contributed by atoms with E-state index < -0.39 is 0 Å². The number of aromatic nitrogens is 1. The largest absolute Gasteiger partial charge is 0.329 e. The quantitative estimate of drug-likeness (QED) is 0.877. The van der Waals surface area contributed by atoms with Crippen LogP contribution in [0.25, 0.3) is 0 Å². The van der Waals surface area contributed by atoms with E-state index in [1.54, 1.807) is 6.07 Å². The molecule has 1 N–H and O–H groups in total. The molecular weight excluding hydrogens is 265 g/mol. The van der Waals surface area contributed by atoms with Gasteiger partial charge in [0.1, 0.15) is 11.6 Å². The molecule has 0 radical (unpaired) electrons. The first kappa shape index (κ1) is 15.4. The fourth-order valence-electron chi connectivity index (χ4n) is 2.18. The zero-order chi connectivity index (χ0) is 15.2. The Balaban J connectivity index is 2.22. The van der Waals surface area contributed by atoms with Gasteiger partial charge in [0.2, 0.25) is 0 Å². The minimum absolute atomic E-state index is 0.304. The molecule has 3 nitrogen and oxygen atoms in total. The maximum absolute atomic E-state index is 13.5. The maximum Gasteiger partial charge on any atom is 0.141 e. The lowest BCUT2D eigenvalue weighted by atomic mass is 10.2. The Morgan fingerprint density at radius 2 is 1.95 bits per heavy atom. The van der Waals surface area contributed by atoms with Crippen LogP contribution in [0.1, 0.15) is 19.4 Å². The van der Waals surface area contributed by atoms with Crippen molar-refractivity contribution in [3.8, 4) is 0 Å². The Kier molecular flexibility index (Phi) is 5.28. The number of halogens is 1. The van der Waals surface area contributed by atoms with Crippen molar-refractivity contribution in [2.75, 3.05) is 18.5 Å². The van der Waals surface area contributed by atoms with E-state index in [0.29, 0.717) is 12.5 Å². The number of nitrogens with one attached hydrogen (secondary N) is 1. The summed E-state index contributed by atoms with van der Waals surface area (Å²) in [5.74, 6) is 1.03. The summed E-state index contributed by atoms with van der Waals surface area (Å²) < 4.78 is 13.5. The summed E-state index contributed by atoms with van der Waals surface area (Å²) >= 11 is 0.